The van der Waals surface area contributed by atoms with Gasteiger partial charge in [-0.25, -0.2) is 0 Å². The molecule has 0 saturated heterocycles. The Hall–Kier alpha value is -1.88. The molecule has 1 aromatic carbocycles. The first kappa shape index (κ1) is 17.0. The van der Waals surface area contributed by atoms with Crippen LogP contribution < -0.4 is 9.61 Å². The Labute approximate surface area is 146 Å². The van der Waals surface area contributed by atoms with Gasteiger partial charge in [0.25, 0.3) is 0 Å². The number of benzene rings is 1. The molecule has 4 nitrogen and oxygen atoms in total. The highest BCUT2D eigenvalue weighted by Gasteiger charge is 2.15. The van der Waals surface area contributed by atoms with Crippen LogP contribution in [0.4, 0.5) is 0 Å². The molecule has 1 aliphatic carbocycles. The third-order valence-corrected chi connectivity index (χ3v) is 5.59. The third-order valence-electron chi connectivity index (χ3n) is 4.70. The van der Waals surface area contributed by atoms with Gasteiger partial charge in [0.05, 0.1) is 6.42 Å². The van der Waals surface area contributed by atoms with E-state index < -0.39 is 0 Å². The van der Waals surface area contributed by atoms with Crippen LogP contribution in [0.25, 0.3) is 0 Å². The number of ether oxygens (including phenoxy) is 1. The zero-order chi connectivity index (χ0) is 16.9. The summed E-state index contributed by atoms with van der Waals surface area (Å²) in [5, 5.41) is 1.80. The third kappa shape index (κ3) is 4.15. The number of aryl methyl sites for hydroxylation is 1. The van der Waals surface area contributed by atoms with Crippen LogP contribution in [0.5, 0.6) is 5.75 Å². The van der Waals surface area contributed by atoms with Gasteiger partial charge in [-0.3, -0.25) is 9.59 Å². The molecule has 1 aliphatic rings. The molecular weight excluding hydrogens is 322 g/mol. The minimum absolute atomic E-state index is 0.0304. The Balaban J connectivity index is 1.53. The summed E-state index contributed by atoms with van der Waals surface area (Å²) in [6.07, 6.45) is 6.67. The number of esters is 1. The van der Waals surface area contributed by atoms with Gasteiger partial charge >= 0.3 is 10.8 Å². The Kier molecular flexibility index (Phi) is 5.51. The van der Waals surface area contributed by atoms with Gasteiger partial charge in [-0.2, -0.15) is 0 Å². The minimum Gasteiger partial charge on any atom is -0.426 e. The van der Waals surface area contributed by atoms with Crippen molar-refractivity contribution in [2.75, 3.05) is 0 Å². The van der Waals surface area contributed by atoms with Gasteiger partial charge in [-0.15, -0.1) is 0 Å². The molecular formula is C19H23NO3S. The monoisotopic (exact) mass is 345 g/mol. The Morgan fingerprint density at radius 2 is 1.92 bits per heavy atom. The van der Waals surface area contributed by atoms with E-state index in [1.807, 2.05) is 19.1 Å². The summed E-state index contributed by atoms with van der Waals surface area (Å²) in [5.74, 6) is 0.920. The van der Waals surface area contributed by atoms with E-state index in [0.29, 0.717) is 18.2 Å². The molecule has 5 heteroatoms. The summed E-state index contributed by atoms with van der Waals surface area (Å²) in [5.41, 5.74) is 2.23. The second-order valence-electron chi connectivity index (χ2n) is 6.42. The molecule has 1 aromatic heterocycles. The highest BCUT2D eigenvalue weighted by molar-refractivity contribution is 7.07. The number of hydrogen-bond acceptors (Lipinski definition) is 4. The first-order chi connectivity index (χ1) is 11.6. The summed E-state index contributed by atoms with van der Waals surface area (Å²) >= 11 is 1.16. The summed E-state index contributed by atoms with van der Waals surface area (Å²) in [6, 6.07) is 7.91. The first-order valence-electron chi connectivity index (χ1n) is 8.59. The number of rotatable bonds is 5. The first-order valence-corrected chi connectivity index (χ1v) is 9.47. The van der Waals surface area contributed by atoms with Gasteiger partial charge in [0, 0.05) is 17.6 Å². The van der Waals surface area contributed by atoms with Crippen molar-refractivity contribution in [2.45, 2.75) is 57.9 Å². The van der Waals surface area contributed by atoms with E-state index >= 15 is 0 Å². The normalized spacial score (nSPS) is 15.4. The van der Waals surface area contributed by atoms with Crippen molar-refractivity contribution in [1.29, 1.82) is 0 Å². The van der Waals surface area contributed by atoms with E-state index in [0.717, 1.165) is 17.0 Å². The molecule has 24 heavy (non-hydrogen) atoms. The van der Waals surface area contributed by atoms with Crippen LogP contribution in [-0.2, 0) is 11.3 Å². The lowest BCUT2D eigenvalue weighted by molar-refractivity contribution is -0.134. The lowest BCUT2D eigenvalue weighted by Gasteiger charge is -2.22. The fraction of sp³-hybridized carbons (Fsp3) is 0.474. The number of hydrogen-bond donors (Lipinski definition) is 0. The van der Waals surface area contributed by atoms with Crippen LogP contribution in [0, 0.1) is 6.92 Å². The molecule has 0 amide bonds. The fourth-order valence-corrected chi connectivity index (χ4v) is 4.07. The molecule has 3 rings (SSSR count). The zero-order valence-electron chi connectivity index (χ0n) is 14.0. The molecule has 2 aromatic rings. The van der Waals surface area contributed by atoms with Crippen molar-refractivity contribution < 1.29 is 9.53 Å². The van der Waals surface area contributed by atoms with Gasteiger partial charge in [-0.05, 0) is 43.4 Å². The van der Waals surface area contributed by atoms with E-state index in [4.69, 9.17) is 4.74 Å². The second kappa shape index (κ2) is 7.79. The maximum Gasteiger partial charge on any atom is 0.312 e. The van der Waals surface area contributed by atoms with Crippen LogP contribution in [0.1, 0.15) is 55.7 Å². The zero-order valence-corrected chi connectivity index (χ0v) is 14.8. The van der Waals surface area contributed by atoms with Crippen molar-refractivity contribution in [1.82, 2.24) is 4.57 Å². The van der Waals surface area contributed by atoms with E-state index in [-0.39, 0.29) is 17.3 Å². The van der Waals surface area contributed by atoms with Gasteiger partial charge in [-0.1, -0.05) is 42.7 Å². The number of carbonyl (C=O) groups is 1. The second-order valence-corrected chi connectivity index (χ2v) is 7.24. The predicted molar refractivity (Wildman–Crippen MR) is 95.8 cm³/mol. The van der Waals surface area contributed by atoms with Crippen LogP contribution in [0.15, 0.2) is 34.4 Å². The molecule has 0 bridgehead atoms. The number of nitrogens with zero attached hydrogens (tertiary/aromatic N) is 1. The van der Waals surface area contributed by atoms with Crippen molar-refractivity contribution in [2.24, 2.45) is 0 Å². The molecule has 0 N–H and O–H groups in total. The van der Waals surface area contributed by atoms with Gasteiger partial charge < -0.3 is 9.30 Å². The standard InChI is InChI=1S/C19H23NO3S/c1-14-13-24-19(22)20(14)12-11-18(21)23-17-9-7-16(8-10-17)15-5-3-2-4-6-15/h7-10,13,15H,2-6,11-12H2,1H3. The van der Waals surface area contributed by atoms with Gasteiger partial charge in [0.15, 0.2) is 0 Å². The van der Waals surface area contributed by atoms with Crippen molar-refractivity contribution >= 4 is 17.3 Å². The number of aromatic nitrogens is 1. The summed E-state index contributed by atoms with van der Waals surface area (Å²) < 4.78 is 6.99. The molecule has 0 unspecified atom stereocenters. The van der Waals surface area contributed by atoms with Crippen LogP contribution >= 0.6 is 11.3 Å². The lowest BCUT2D eigenvalue weighted by atomic mass is 9.84. The van der Waals surface area contributed by atoms with Gasteiger partial charge in [0.2, 0.25) is 0 Å². The average Bonchev–Trinajstić information content (AvgIpc) is 2.93. The molecule has 1 fully saturated rings. The number of carbonyl (C=O) groups excluding carboxylic acids is 1. The fourth-order valence-electron chi connectivity index (χ4n) is 3.30. The molecule has 1 saturated carbocycles. The maximum absolute atomic E-state index is 12.0. The minimum atomic E-state index is -0.307. The molecule has 0 spiro atoms. The van der Waals surface area contributed by atoms with Crippen molar-refractivity contribution in [3.8, 4) is 5.75 Å². The van der Waals surface area contributed by atoms with Crippen LogP contribution in [0.3, 0.4) is 0 Å². The summed E-state index contributed by atoms with van der Waals surface area (Å²) in [6.45, 7) is 2.24. The van der Waals surface area contributed by atoms with Gasteiger partial charge in [0.1, 0.15) is 5.75 Å². The topological polar surface area (TPSA) is 48.3 Å². The largest absolute Gasteiger partial charge is 0.426 e. The van der Waals surface area contributed by atoms with Crippen molar-refractivity contribution in [3.05, 3.63) is 50.6 Å². The average molecular weight is 345 g/mol. The molecule has 0 aliphatic heterocycles. The Bertz CT molecular complexity index is 739. The van der Waals surface area contributed by atoms with Crippen LogP contribution in [-0.4, -0.2) is 10.5 Å². The maximum atomic E-state index is 12.0. The summed E-state index contributed by atoms with van der Waals surface area (Å²) in [7, 11) is 0. The predicted octanol–water partition coefficient (Wildman–Crippen LogP) is 4.26. The van der Waals surface area contributed by atoms with Crippen molar-refractivity contribution in [3.63, 3.8) is 0 Å². The quantitative estimate of drug-likeness (QED) is 0.601. The SMILES string of the molecule is Cc1csc(=O)n1CCC(=O)Oc1ccc(C2CCCCC2)cc1. The van der Waals surface area contributed by atoms with E-state index in [2.05, 4.69) is 12.1 Å². The molecule has 0 radical (unpaired) electrons. The Morgan fingerprint density at radius 1 is 1.21 bits per heavy atom. The van der Waals surface area contributed by atoms with E-state index in [1.165, 1.54) is 37.7 Å². The highest BCUT2D eigenvalue weighted by Crippen LogP contribution is 2.33. The van der Waals surface area contributed by atoms with E-state index in [1.54, 1.807) is 9.95 Å². The molecule has 128 valence electrons. The Morgan fingerprint density at radius 3 is 2.54 bits per heavy atom. The van der Waals surface area contributed by atoms with Crippen LogP contribution in [0.2, 0.25) is 0 Å². The molecule has 1 heterocycles. The summed E-state index contributed by atoms with van der Waals surface area (Å²) in [4.78, 5) is 23.6. The van der Waals surface area contributed by atoms with E-state index in [9.17, 15) is 9.59 Å². The smallest absolute Gasteiger partial charge is 0.312 e. The molecule has 0 atom stereocenters. The highest BCUT2D eigenvalue weighted by atomic mass is 32.1. The lowest BCUT2D eigenvalue weighted by Crippen LogP contribution is -2.19. The number of thiazole rings is 1.